The van der Waals surface area contributed by atoms with Gasteiger partial charge in [-0.2, -0.15) is 0 Å². The van der Waals surface area contributed by atoms with Crippen LogP contribution in [0.5, 0.6) is 5.75 Å². The largest absolute Gasteiger partial charge is 0.482 e. The lowest BCUT2D eigenvalue weighted by Gasteiger charge is -2.33. The van der Waals surface area contributed by atoms with Gasteiger partial charge in [0.15, 0.2) is 6.61 Å². The lowest BCUT2D eigenvalue weighted by Crippen LogP contribution is -2.44. The van der Waals surface area contributed by atoms with E-state index in [2.05, 4.69) is 10.2 Å². The van der Waals surface area contributed by atoms with Crippen LogP contribution in [-0.2, 0) is 9.53 Å². The number of carbonyl (C=O) groups is 1. The molecular weight excluding hydrogens is 258 g/mol. The summed E-state index contributed by atoms with van der Waals surface area (Å²) in [4.78, 5) is 15.9. The minimum atomic E-state index is -0.0724. The minimum Gasteiger partial charge on any atom is -0.482 e. The average molecular weight is 277 g/mol. The molecule has 108 valence electrons. The van der Waals surface area contributed by atoms with Gasteiger partial charge in [0.25, 0.3) is 5.91 Å². The van der Waals surface area contributed by atoms with E-state index >= 15 is 0 Å². The molecule has 6 nitrogen and oxygen atoms in total. The zero-order valence-corrected chi connectivity index (χ0v) is 11.6. The van der Waals surface area contributed by atoms with Crippen LogP contribution < -0.4 is 19.9 Å². The van der Waals surface area contributed by atoms with Crippen LogP contribution in [0, 0.1) is 0 Å². The van der Waals surface area contributed by atoms with Crippen molar-refractivity contribution < 1.29 is 14.3 Å². The van der Waals surface area contributed by atoms with Gasteiger partial charge in [-0.15, -0.1) is 0 Å². The van der Waals surface area contributed by atoms with Gasteiger partial charge in [0.05, 0.1) is 5.69 Å². The van der Waals surface area contributed by atoms with Crippen LogP contribution in [-0.4, -0.2) is 52.5 Å². The number of fused-ring (bicyclic) bond motifs is 1. The molecule has 0 bridgehead atoms. The average Bonchev–Trinajstić information content (AvgIpc) is 2.51. The number of methoxy groups -OCH3 is 1. The van der Waals surface area contributed by atoms with Crippen molar-refractivity contribution in [3.8, 4) is 5.75 Å². The zero-order chi connectivity index (χ0) is 13.9. The third kappa shape index (κ3) is 2.44. The summed E-state index contributed by atoms with van der Waals surface area (Å²) in [6.45, 7) is 4.22. The van der Waals surface area contributed by atoms with E-state index in [-0.39, 0.29) is 19.2 Å². The molecule has 1 amide bonds. The molecule has 0 saturated carbocycles. The second-order valence-electron chi connectivity index (χ2n) is 4.92. The van der Waals surface area contributed by atoms with Gasteiger partial charge in [-0.1, -0.05) is 0 Å². The van der Waals surface area contributed by atoms with E-state index in [1.165, 1.54) is 0 Å². The molecule has 1 aromatic carbocycles. The number of nitrogens with zero attached hydrogens (tertiary/aromatic N) is 2. The Balaban J connectivity index is 1.90. The Labute approximate surface area is 118 Å². The summed E-state index contributed by atoms with van der Waals surface area (Å²) >= 11 is 0. The minimum absolute atomic E-state index is 0.0724. The van der Waals surface area contributed by atoms with Crippen molar-refractivity contribution in [1.29, 1.82) is 0 Å². The Morgan fingerprint density at radius 3 is 2.90 bits per heavy atom. The second-order valence-corrected chi connectivity index (χ2v) is 4.92. The first-order valence-electron chi connectivity index (χ1n) is 6.81. The van der Waals surface area contributed by atoms with Crippen LogP contribution in [0.1, 0.15) is 0 Å². The van der Waals surface area contributed by atoms with Crippen LogP contribution >= 0.6 is 0 Å². The molecule has 1 N–H and O–H groups in total. The first kappa shape index (κ1) is 13.2. The SMILES string of the molecule is COCN1C(=O)COc2ccc(N3CCNCC3)cc21. The summed E-state index contributed by atoms with van der Waals surface area (Å²) in [5, 5.41) is 3.33. The number of amides is 1. The number of piperazine rings is 1. The Kier molecular flexibility index (Phi) is 3.75. The fourth-order valence-electron chi connectivity index (χ4n) is 2.58. The van der Waals surface area contributed by atoms with Crippen LogP contribution in [0.15, 0.2) is 18.2 Å². The van der Waals surface area contributed by atoms with Crippen LogP contribution in [0.25, 0.3) is 0 Å². The molecule has 2 aliphatic rings. The molecule has 2 aliphatic heterocycles. The molecular formula is C14H19N3O3. The van der Waals surface area contributed by atoms with E-state index in [4.69, 9.17) is 9.47 Å². The van der Waals surface area contributed by atoms with Gasteiger partial charge in [0.1, 0.15) is 12.5 Å². The molecule has 6 heteroatoms. The maximum Gasteiger partial charge on any atom is 0.266 e. The van der Waals surface area contributed by atoms with Gasteiger partial charge in [-0.25, -0.2) is 0 Å². The Bertz CT molecular complexity index is 500. The summed E-state index contributed by atoms with van der Waals surface area (Å²) in [5.74, 6) is 0.664. The molecule has 1 aromatic rings. The van der Waals surface area contributed by atoms with Crippen molar-refractivity contribution in [1.82, 2.24) is 5.32 Å². The highest BCUT2D eigenvalue weighted by molar-refractivity contribution is 5.98. The second kappa shape index (κ2) is 5.68. The Morgan fingerprint density at radius 1 is 1.35 bits per heavy atom. The van der Waals surface area contributed by atoms with Crippen LogP contribution in [0.2, 0.25) is 0 Å². The van der Waals surface area contributed by atoms with Crippen molar-refractivity contribution in [2.75, 3.05) is 56.4 Å². The highest BCUT2D eigenvalue weighted by Crippen LogP contribution is 2.35. The van der Waals surface area contributed by atoms with Crippen molar-refractivity contribution >= 4 is 17.3 Å². The van der Waals surface area contributed by atoms with E-state index in [1.54, 1.807) is 12.0 Å². The quantitative estimate of drug-likeness (QED) is 0.868. The third-order valence-corrected chi connectivity index (χ3v) is 3.63. The molecule has 0 aromatic heterocycles. The summed E-state index contributed by atoms with van der Waals surface area (Å²) in [7, 11) is 1.59. The van der Waals surface area contributed by atoms with Gasteiger partial charge in [-0.3, -0.25) is 9.69 Å². The van der Waals surface area contributed by atoms with E-state index in [1.807, 2.05) is 18.2 Å². The van der Waals surface area contributed by atoms with Gasteiger partial charge < -0.3 is 19.7 Å². The fraction of sp³-hybridized carbons (Fsp3) is 0.500. The third-order valence-electron chi connectivity index (χ3n) is 3.63. The summed E-state index contributed by atoms with van der Waals surface area (Å²) in [6, 6.07) is 5.99. The molecule has 20 heavy (non-hydrogen) atoms. The highest BCUT2D eigenvalue weighted by Gasteiger charge is 2.26. The molecule has 3 rings (SSSR count). The topological polar surface area (TPSA) is 54.0 Å². The van der Waals surface area contributed by atoms with Gasteiger partial charge in [0, 0.05) is 39.0 Å². The highest BCUT2D eigenvalue weighted by atomic mass is 16.5. The number of nitrogens with one attached hydrogen (secondary N) is 1. The fourth-order valence-corrected chi connectivity index (χ4v) is 2.58. The number of hydrogen-bond donors (Lipinski definition) is 1. The van der Waals surface area contributed by atoms with Crippen LogP contribution in [0.4, 0.5) is 11.4 Å². The van der Waals surface area contributed by atoms with Crippen molar-refractivity contribution in [3.05, 3.63) is 18.2 Å². The van der Waals surface area contributed by atoms with Gasteiger partial charge in [0.2, 0.25) is 0 Å². The smallest absolute Gasteiger partial charge is 0.266 e. The zero-order valence-electron chi connectivity index (χ0n) is 11.6. The molecule has 0 radical (unpaired) electrons. The van der Waals surface area contributed by atoms with Crippen LogP contribution in [0.3, 0.4) is 0 Å². The maximum atomic E-state index is 11.9. The summed E-state index contributed by atoms with van der Waals surface area (Å²) in [5.41, 5.74) is 1.91. The predicted octanol–water partition coefficient (Wildman–Crippen LogP) is 0.426. The number of benzene rings is 1. The molecule has 0 aliphatic carbocycles. The number of ether oxygens (including phenoxy) is 2. The van der Waals surface area contributed by atoms with Crippen molar-refractivity contribution in [3.63, 3.8) is 0 Å². The normalized spacial score (nSPS) is 18.8. The van der Waals surface area contributed by atoms with E-state index < -0.39 is 0 Å². The summed E-state index contributed by atoms with van der Waals surface area (Å²) < 4.78 is 10.6. The number of anilines is 2. The lowest BCUT2D eigenvalue weighted by molar-refractivity contribution is -0.122. The monoisotopic (exact) mass is 277 g/mol. The van der Waals surface area contributed by atoms with Crippen molar-refractivity contribution in [2.45, 2.75) is 0 Å². The molecule has 1 saturated heterocycles. The summed E-state index contributed by atoms with van der Waals surface area (Å²) in [6.07, 6.45) is 0. The van der Waals surface area contributed by atoms with E-state index in [0.29, 0.717) is 0 Å². The van der Waals surface area contributed by atoms with Gasteiger partial charge in [-0.05, 0) is 18.2 Å². The predicted molar refractivity (Wildman–Crippen MR) is 76.4 cm³/mol. The molecule has 2 heterocycles. The lowest BCUT2D eigenvalue weighted by atomic mass is 10.2. The Hall–Kier alpha value is -1.79. The first-order valence-corrected chi connectivity index (χ1v) is 6.81. The van der Waals surface area contributed by atoms with E-state index in [9.17, 15) is 4.79 Å². The standard InChI is InChI=1S/C14H19N3O3/c1-19-10-17-12-8-11(16-6-4-15-5-7-16)2-3-13(12)20-9-14(17)18/h2-3,8,15H,4-7,9-10H2,1H3. The van der Waals surface area contributed by atoms with E-state index in [0.717, 1.165) is 43.3 Å². The number of rotatable bonds is 3. The van der Waals surface area contributed by atoms with Gasteiger partial charge >= 0.3 is 0 Å². The molecule has 1 fully saturated rings. The molecule has 0 spiro atoms. The molecule has 0 atom stereocenters. The van der Waals surface area contributed by atoms with Crippen molar-refractivity contribution in [2.24, 2.45) is 0 Å². The Morgan fingerprint density at radius 2 is 2.15 bits per heavy atom. The molecule has 0 unspecified atom stereocenters. The number of carbonyl (C=O) groups excluding carboxylic acids is 1. The first-order chi connectivity index (χ1) is 9.79. The number of hydrogen-bond acceptors (Lipinski definition) is 5. The maximum absolute atomic E-state index is 11.9.